The highest BCUT2D eigenvalue weighted by Crippen LogP contribution is 2.54. The monoisotopic (exact) mass is 353 g/mol. The van der Waals surface area contributed by atoms with Crippen molar-refractivity contribution >= 4 is 18.3 Å². The molecule has 0 bridgehead atoms. The lowest BCUT2D eigenvalue weighted by molar-refractivity contribution is 0.390. The van der Waals surface area contributed by atoms with Crippen LogP contribution in [0.3, 0.4) is 0 Å². The van der Waals surface area contributed by atoms with Crippen molar-refractivity contribution in [3.63, 3.8) is 0 Å². The highest BCUT2D eigenvalue weighted by atomic mass is 28.3. The summed E-state index contributed by atoms with van der Waals surface area (Å²) in [5.41, 5.74) is 4.10. The molecule has 0 aromatic carbocycles. The van der Waals surface area contributed by atoms with E-state index in [9.17, 15) is 0 Å². The first-order valence-electron chi connectivity index (χ1n) is 9.94. The minimum absolute atomic E-state index is 0.432. The summed E-state index contributed by atoms with van der Waals surface area (Å²) in [5, 5.41) is 6.33. The second-order valence-electron chi connectivity index (χ2n) is 9.24. The van der Waals surface area contributed by atoms with Crippen molar-refractivity contribution in [3.8, 4) is 0 Å². The van der Waals surface area contributed by atoms with Crippen LogP contribution < -0.4 is 5.32 Å². The predicted molar refractivity (Wildman–Crippen MR) is 113 cm³/mol. The zero-order valence-electron chi connectivity index (χ0n) is 17.6. The normalized spacial score (nSPS) is 21.4. The second kappa shape index (κ2) is 8.01. The Morgan fingerprint density at radius 1 is 0.870 bits per heavy atom. The summed E-state index contributed by atoms with van der Waals surface area (Å²) in [6, 6.07) is 0.536. The van der Waals surface area contributed by atoms with Gasteiger partial charge >= 0.3 is 0 Å². The van der Waals surface area contributed by atoms with Crippen molar-refractivity contribution in [2.75, 3.05) is 0 Å². The zero-order valence-corrected chi connectivity index (χ0v) is 20.6. The van der Waals surface area contributed by atoms with Gasteiger partial charge in [0.1, 0.15) is 0 Å². The number of rotatable bonds is 7. The van der Waals surface area contributed by atoms with Crippen LogP contribution in [0.1, 0.15) is 88.0 Å². The molecule has 0 aliphatic heterocycles. The van der Waals surface area contributed by atoms with E-state index in [4.69, 9.17) is 0 Å². The molecule has 136 valence electrons. The summed E-state index contributed by atoms with van der Waals surface area (Å²) in [7, 11) is -0.320. The van der Waals surface area contributed by atoms with Crippen LogP contribution in [0.4, 0.5) is 0 Å². The second-order valence-corrected chi connectivity index (χ2v) is 17.0. The lowest BCUT2D eigenvalue weighted by Gasteiger charge is -2.57. The van der Waals surface area contributed by atoms with E-state index in [-0.39, 0.29) is 0 Å². The lowest BCUT2D eigenvalue weighted by Crippen LogP contribution is -2.71. The molecule has 1 aliphatic rings. The number of hydrogen-bond acceptors (Lipinski definition) is 1. The summed E-state index contributed by atoms with van der Waals surface area (Å²) < 4.78 is 0. The van der Waals surface area contributed by atoms with Crippen LogP contribution in [0.25, 0.3) is 0 Å². The standard InChI is InChI=1S/C20H43NSi2/c1-14(2)23(15(3)4,16(5)6)20(12-10-11-13-20)21-18(8)17(7)19(9)22/h14-16,18,21H,10-13H2,1-9,22H3. The molecule has 3 heteroatoms. The first-order chi connectivity index (χ1) is 10.5. The van der Waals surface area contributed by atoms with Crippen molar-refractivity contribution in [1.82, 2.24) is 5.32 Å². The van der Waals surface area contributed by atoms with Gasteiger partial charge in [-0.3, -0.25) is 0 Å². The highest BCUT2D eigenvalue weighted by Gasteiger charge is 2.59. The Bertz CT molecular complexity index is 392. The van der Waals surface area contributed by atoms with Crippen molar-refractivity contribution in [3.05, 3.63) is 10.8 Å². The highest BCUT2D eigenvalue weighted by molar-refractivity contribution is 6.86. The minimum Gasteiger partial charge on any atom is -0.308 e. The van der Waals surface area contributed by atoms with Gasteiger partial charge in [0, 0.05) is 21.4 Å². The molecule has 23 heavy (non-hydrogen) atoms. The minimum atomic E-state index is -1.51. The van der Waals surface area contributed by atoms with Gasteiger partial charge in [-0.25, -0.2) is 0 Å². The fourth-order valence-corrected chi connectivity index (χ4v) is 15.7. The van der Waals surface area contributed by atoms with Gasteiger partial charge in [0.15, 0.2) is 0 Å². The molecular weight excluding hydrogens is 310 g/mol. The SMILES string of the molecule is CC([SiH3])=C(C)C(C)NC1([Si](C(C)C)(C(C)C)C(C)C)CCCC1. The van der Waals surface area contributed by atoms with Crippen LogP contribution in [0, 0.1) is 0 Å². The molecule has 1 fully saturated rings. The molecule has 1 nitrogen and oxygen atoms in total. The maximum Gasteiger partial charge on any atom is 0.0841 e. The van der Waals surface area contributed by atoms with Gasteiger partial charge in [0.2, 0.25) is 0 Å². The van der Waals surface area contributed by atoms with Crippen molar-refractivity contribution < 1.29 is 0 Å². The summed E-state index contributed by atoms with van der Waals surface area (Å²) in [6.45, 7) is 22.2. The average molecular weight is 354 g/mol. The Balaban J connectivity index is 3.38. The average Bonchev–Trinajstić information content (AvgIpc) is 2.86. The van der Waals surface area contributed by atoms with Crippen molar-refractivity contribution in [2.45, 2.75) is 116 Å². The molecule has 0 saturated heterocycles. The molecule has 0 spiro atoms. The summed E-state index contributed by atoms with van der Waals surface area (Å²) in [4.78, 5) is 0. The molecule has 1 saturated carbocycles. The van der Waals surface area contributed by atoms with Gasteiger partial charge < -0.3 is 5.32 Å². The van der Waals surface area contributed by atoms with E-state index in [2.05, 4.69) is 67.6 Å². The molecule has 1 N–H and O–H groups in total. The van der Waals surface area contributed by atoms with Crippen LogP contribution in [-0.2, 0) is 0 Å². The van der Waals surface area contributed by atoms with E-state index in [1.165, 1.54) is 35.9 Å². The Morgan fingerprint density at radius 2 is 1.26 bits per heavy atom. The van der Waals surface area contributed by atoms with E-state index in [1.54, 1.807) is 10.8 Å². The van der Waals surface area contributed by atoms with E-state index >= 15 is 0 Å². The molecule has 0 heterocycles. The largest absolute Gasteiger partial charge is 0.308 e. The number of allylic oxidation sites excluding steroid dienone is 1. The van der Waals surface area contributed by atoms with Crippen LogP contribution >= 0.6 is 0 Å². The van der Waals surface area contributed by atoms with Crippen LogP contribution in [-0.4, -0.2) is 29.5 Å². The fourth-order valence-electron chi connectivity index (χ4n) is 6.29. The van der Waals surface area contributed by atoms with Gasteiger partial charge in [-0.05, 0) is 50.2 Å². The van der Waals surface area contributed by atoms with Gasteiger partial charge in [-0.15, -0.1) is 0 Å². The molecule has 0 amide bonds. The summed E-state index contributed by atoms with van der Waals surface area (Å²) >= 11 is 0. The van der Waals surface area contributed by atoms with Gasteiger partial charge in [0.05, 0.1) is 8.07 Å². The zero-order chi connectivity index (χ0) is 18.0. The number of nitrogens with one attached hydrogen (secondary N) is 1. The number of hydrogen-bond donors (Lipinski definition) is 1. The first kappa shape index (κ1) is 21.2. The molecule has 0 radical (unpaired) electrons. The molecule has 0 aromatic heterocycles. The predicted octanol–water partition coefficient (Wildman–Crippen LogP) is 5.15. The van der Waals surface area contributed by atoms with Crippen LogP contribution in [0.2, 0.25) is 16.6 Å². The maximum atomic E-state index is 4.28. The van der Waals surface area contributed by atoms with E-state index in [1.807, 2.05) is 0 Å². The molecule has 1 rings (SSSR count). The summed E-state index contributed by atoms with van der Waals surface area (Å²) in [6.07, 6.45) is 5.66. The molecule has 0 aromatic rings. The fraction of sp³-hybridized carbons (Fsp3) is 0.900. The maximum absolute atomic E-state index is 4.28. The van der Waals surface area contributed by atoms with Crippen LogP contribution in [0.15, 0.2) is 10.8 Å². The third-order valence-electron chi connectivity index (χ3n) is 7.08. The smallest absolute Gasteiger partial charge is 0.0841 e. The van der Waals surface area contributed by atoms with Crippen LogP contribution in [0.5, 0.6) is 0 Å². The quantitative estimate of drug-likeness (QED) is 0.624. The van der Waals surface area contributed by atoms with E-state index < -0.39 is 8.07 Å². The Labute approximate surface area is 150 Å². The molecule has 1 aliphatic carbocycles. The van der Waals surface area contributed by atoms with E-state index in [0.717, 1.165) is 16.6 Å². The van der Waals surface area contributed by atoms with Crippen molar-refractivity contribution in [1.29, 1.82) is 0 Å². The molecule has 1 unspecified atom stereocenters. The van der Waals surface area contributed by atoms with Gasteiger partial charge in [0.25, 0.3) is 0 Å². The lowest BCUT2D eigenvalue weighted by atomic mass is 10.1. The Kier molecular flexibility index (Phi) is 7.37. The topological polar surface area (TPSA) is 12.0 Å². The van der Waals surface area contributed by atoms with Gasteiger partial charge in [-0.1, -0.05) is 65.2 Å². The molecule has 1 atom stereocenters. The molecular formula is C20H43NSi2. The third-order valence-corrected chi connectivity index (χ3v) is 15.9. The Morgan fingerprint density at radius 3 is 1.57 bits per heavy atom. The summed E-state index contributed by atoms with van der Waals surface area (Å²) in [5.74, 6) is 0. The third kappa shape index (κ3) is 3.72. The first-order valence-corrected chi connectivity index (χ1v) is 13.2. The van der Waals surface area contributed by atoms with Crippen molar-refractivity contribution in [2.24, 2.45) is 0 Å². The van der Waals surface area contributed by atoms with Gasteiger partial charge in [-0.2, -0.15) is 0 Å². The van der Waals surface area contributed by atoms with E-state index in [0.29, 0.717) is 11.2 Å². The Hall–Kier alpha value is 0.134.